The number of carbonyl (C=O) groups is 5. The number of benzene rings is 5. The molecule has 5 aromatic carbocycles. The maximum Gasteiger partial charge on any atom is 0.342 e. The summed E-state index contributed by atoms with van der Waals surface area (Å²) in [7, 11) is 0. The van der Waals surface area contributed by atoms with Crippen molar-refractivity contribution in [1.29, 1.82) is 0 Å². The molecule has 5 N–H and O–H groups in total. The summed E-state index contributed by atoms with van der Waals surface area (Å²) in [6.07, 6.45) is 0. The van der Waals surface area contributed by atoms with E-state index in [1.807, 2.05) is 0 Å². The van der Waals surface area contributed by atoms with Crippen molar-refractivity contribution < 1.29 is 88.9 Å². The molecule has 34 nitrogen and oxygen atoms in total. The lowest BCUT2D eigenvalue weighted by Crippen LogP contribution is -2.03. The predicted octanol–water partition coefficient (Wildman–Crippen LogP) is 8.80. The lowest BCUT2D eigenvalue weighted by atomic mass is 10.1. The molecule has 0 aliphatic carbocycles. The fourth-order valence-electron chi connectivity index (χ4n) is 4.52. The Labute approximate surface area is 417 Å². The highest BCUT2D eigenvalue weighted by Crippen LogP contribution is 2.36. The summed E-state index contributed by atoms with van der Waals surface area (Å²) in [6.45, 7) is 0. The molecule has 0 heterocycles. The third kappa shape index (κ3) is 17.7. The van der Waals surface area contributed by atoms with Crippen LogP contribution in [0.1, 0.15) is 51.8 Å². The first-order valence-electron chi connectivity index (χ1n) is 17.4. The van der Waals surface area contributed by atoms with Crippen LogP contribution in [0, 0.1) is 80.9 Å². The van der Waals surface area contributed by atoms with Gasteiger partial charge in [0.1, 0.15) is 5.56 Å². The van der Waals surface area contributed by atoms with Crippen LogP contribution in [0.15, 0.2) is 78.9 Å². The largest absolute Gasteiger partial charge is 0.478 e. The molecule has 0 aliphatic rings. The molecule has 0 fully saturated rings. The Bertz CT molecular complexity index is 2930. The van der Waals surface area contributed by atoms with Gasteiger partial charge in [-0.2, -0.15) is 0 Å². The molecule has 0 atom stereocenters. The van der Waals surface area contributed by atoms with E-state index in [4.69, 9.17) is 71.9 Å². The van der Waals surface area contributed by atoms with E-state index in [2.05, 4.69) is 0 Å². The Morgan fingerprint density at radius 1 is 0.329 bits per heavy atom. The zero-order chi connectivity index (χ0) is 56.5. The summed E-state index contributed by atoms with van der Waals surface area (Å²) in [5.74, 6) is -7.05. The van der Waals surface area contributed by atoms with Crippen molar-refractivity contribution >= 4 is 122 Å². The van der Waals surface area contributed by atoms with Gasteiger partial charge in [0, 0.05) is 47.5 Å². The number of carboxylic acids is 5. The van der Waals surface area contributed by atoms with Gasteiger partial charge in [-0.3, -0.25) is 80.9 Å². The van der Waals surface area contributed by atoms with Crippen molar-refractivity contribution in [1.82, 2.24) is 0 Å². The molecular formula is C35H18Cl4N8O26. The highest BCUT2D eigenvalue weighted by atomic mass is 35.5. The number of rotatable bonds is 13. The quantitative estimate of drug-likeness (QED) is 0.0542. The number of nitrogens with zero attached hydrogens (tertiary/aromatic N) is 8. The van der Waals surface area contributed by atoms with Crippen LogP contribution in [0.4, 0.5) is 45.5 Å². The molecule has 382 valence electrons. The van der Waals surface area contributed by atoms with Gasteiger partial charge in [0.05, 0.1) is 78.8 Å². The monoisotopic (exact) mass is 1110 g/mol. The van der Waals surface area contributed by atoms with Crippen molar-refractivity contribution in [3.8, 4) is 0 Å². The van der Waals surface area contributed by atoms with E-state index in [9.17, 15) is 105 Å². The number of aromatic carboxylic acids is 5. The number of hydrogen-bond acceptors (Lipinski definition) is 21. The molecule has 0 bridgehead atoms. The second kappa shape index (κ2) is 26.5. The molecule has 0 aromatic heterocycles. The van der Waals surface area contributed by atoms with E-state index in [-0.39, 0.29) is 10.6 Å². The Morgan fingerprint density at radius 3 is 0.904 bits per heavy atom. The maximum absolute atomic E-state index is 10.6. The van der Waals surface area contributed by atoms with Gasteiger partial charge in [-0.25, -0.2) is 24.0 Å². The van der Waals surface area contributed by atoms with E-state index >= 15 is 0 Å². The Morgan fingerprint density at radius 2 is 0.644 bits per heavy atom. The van der Waals surface area contributed by atoms with Crippen LogP contribution >= 0.6 is 46.4 Å². The summed E-state index contributed by atoms with van der Waals surface area (Å²) in [4.78, 5) is 128. The molecule has 5 aromatic rings. The molecule has 0 spiro atoms. The third-order valence-corrected chi connectivity index (χ3v) is 9.04. The van der Waals surface area contributed by atoms with E-state index in [1.165, 1.54) is 18.2 Å². The van der Waals surface area contributed by atoms with Crippen molar-refractivity contribution in [3.63, 3.8) is 0 Å². The second-order valence-electron chi connectivity index (χ2n) is 12.3. The maximum atomic E-state index is 10.6. The molecular weight excluding hydrogens is 1090 g/mol. The van der Waals surface area contributed by atoms with Gasteiger partial charge in [0.25, 0.3) is 45.5 Å². The minimum atomic E-state index is -1.51. The van der Waals surface area contributed by atoms with Crippen molar-refractivity contribution in [3.05, 3.63) is 208 Å². The Balaban J connectivity index is 0.000000458. The summed E-state index contributed by atoms with van der Waals surface area (Å²) in [6, 6.07) is 11.5. The standard InChI is InChI=1S/C7H4Cl2O2.2C7H3ClN2O6.2C7H4N2O6/c8-4-1-2-6(9)5(3-4)7(10)11;2*8-6-4(9(13)14)1-3(7(11)12)2-5(6)10(15)16;10-7(11)4-1-5(8(12)13)3-6(2-4)9(14)15;10-7(11)5-2-1-4(8(12)13)3-6(5)9(14)15/h1-3H,(H,10,11);2*1-2H,(H,11,12);2*1-3H,(H,10,11). The van der Waals surface area contributed by atoms with Crippen LogP contribution in [0.2, 0.25) is 20.1 Å². The smallest absolute Gasteiger partial charge is 0.342 e. The van der Waals surface area contributed by atoms with Crippen molar-refractivity contribution in [2.24, 2.45) is 0 Å². The van der Waals surface area contributed by atoms with Crippen LogP contribution in [0.5, 0.6) is 0 Å². The minimum absolute atomic E-state index is 0.0270. The predicted molar refractivity (Wildman–Crippen MR) is 240 cm³/mol. The van der Waals surface area contributed by atoms with E-state index in [1.54, 1.807) is 0 Å². The zero-order valence-electron chi connectivity index (χ0n) is 34.4. The van der Waals surface area contributed by atoms with Crippen LogP contribution in [-0.2, 0) is 0 Å². The minimum Gasteiger partial charge on any atom is -0.478 e. The van der Waals surface area contributed by atoms with Gasteiger partial charge in [-0.15, -0.1) is 0 Å². The molecule has 0 saturated heterocycles. The first-order chi connectivity index (χ1) is 33.6. The summed E-state index contributed by atoms with van der Waals surface area (Å²) >= 11 is 21.9. The Hall–Kier alpha value is -10.2. The van der Waals surface area contributed by atoms with Gasteiger partial charge in [-0.1, -0.05) is 46.4 Å². The molecule has 0 saturated carbocycles. The Kier molecular flexibility index (Phi) is 22.1. The number of halogens is 4. The van der Waals surface area contributed by atoms with Crippen LogP contribution in [-0.4, -0.2) is 94.8 Å². The average Bonchev–Trinajstić information content (AvgIpc) is 3.29. The van der Waals surface area contributed by atoms with E-state index in [0.717, 1.165) is 24.3 Å². The molecule has 38 heteroatoms. The molecule has 0 aliphatic heterocycles. The summed E-state index contributed by atoms with van der Waals surface area (Å²) in [5, 5.41) is 125. The van der Waals surface area contributed by atoms with Gasteiger partial charge < -0.3 is 25.5 Å². The summed E-state index contributed by atoms with van der Waals surface area (Å²) < 4.78 is 0. The number of hydrogen-bond donors (Lipinski definition) is 5. The first kappa shape index (κ1) is 60.8. The highest BCUT2D eigenvalue weighted by Gasteiger charge is 2.29. The number of carboxylic acid groups (broad SMARTS) is 5. The fourth-order valence-corrected chi connectivity index (χ4v) is 5.39. The molecule has 0 amide bonds. The fraction of sp³-hybridized carbons (Fsp3) is 0. The number of non-ortho nitro benzene ring substituents is 3. The van der Waals surface area contributed by atoms with E-state index < -0.39 is 147 Å². The lowest BCUT2D eigenvalue weighted by molar-refractivity contribution is -0.394. The molecule has 73 heavy (non-hydrogen) atoms. The molecule has 0 unspecified atom stereocenters. The number of nitro groups is 8. The molecule has 5 rings (SSSR count). The van der Waals surface area contributed by atoms with Crippen LogP contribution in [0.25, 0.3) is 0 Å². The lowest BCUT2D eigenvalue weighted by Gasteiger charge is -1.99. The second-order valence-corrected chi connectivity index (χ2v) is 13.9. The van der Waals surface area contributed by atoms with E-state index in [0.29, 0.717) is 41.4 Å². The SMILES string of the molecule is O=C(O)c1cc(Cl)ccc1Cl.O=C(O)c1cc([N+](=O)[O-])c(Cl)c([N+](=O)[O-])c1.O=C(O)c1cc([N+](=O)[O-])c(Cl)c([N+](=O)[O-])c1.O=C(O)c1cc([N+](=O)[O-])cc([N+](=O)[O-])c1.O=C(O)c1ccc([N+](=O)[O-])cc1[N+](=O)[O-]. The highest BCUT2D eigenvalue weighted by molar-refractivity contribution is 6.36. The first-order valence-corrected chi connectivity index (χ1v) is 18.9. The summed E-state index contributed by atoms with van der Waals surface area (Å²) in [5.41, 5.74) is -7.99. The normalized spacial score (nSPS) is 9.70. The van der Waals surface area contributed by atoms with Crippen molar-refractivity contribution in [2.75, 3.05) is 0 Å². The van der Waals surface area contributed by atoms with Gasteiger partial charge in [-0.05, 0) is 24.3 Å². The van der Waals surface area contributed by atoms with Crippen molar-refractivity contribution in [2.45, 2.75) is 0 Å². The molecule has 0 radical (unpaired) electrons. The topological polar surface area (TPSA) is 532 Å². The van der Waals surface area contributed by atoms with Crippen LogP contribution in [0.3, 0.4) is 0 Å². The zero-order valence-corrected chi connectivity index (χ0v) is 37.4. The van der Waals surface area contributed by atoms with Gasteiger partial charge in [0.15, 0.2) is 10.0 Å². The van der Waals surface area contributed by atoms with Crippen LogP contribution < -0.4 is 0 Å². The van der Waals surface area contributed by atoms with Gasteiger partial charge >= 0.3 is 29.8 Å². The number of nitro benzene ring substituents is 8. The average molecular weight is 1110 g/mol. The third-order valence-electron chi connectivity index (χ3n) is 7.70. The van der Waals surface area contributed by atoms with Gasteiger partial charge in [0.2, 0.25) is 0 Å².